The number of carbonyl (C=O) groups is 1. The third kappa shape index (κ3) is 5.70. The van der Waals surface area contributed by atoms with Gasteiger partial charge in [-0.15, -0.1) is 0 Å². The summed E-state index contributed by atoms with van der Waals surface area (Å²) in [5, 5.41) is 10.6. The van der Waals surface area contributed by atoms with Crippen LogP contribution < -0.4 is 15.4 Å². The van der Waals surface area contributed by atoms with Gasteiger partial charge in [0.2, 0.25) is 0 Å². The fourth-order valence-electron chi connectivity index (χ4n) is 6.07. The van der Waals surface area contributed by atoms with E-state index in [4.69, 9.17) is 36.8 Å². The first kappa shape index (κ1) is 28.8. The maximum Gasteiger partial charge on any atom is 0.163 e. The van der Waals surface area contributed by atoms with Gasteiger partial charge in [0.05, 0.1) is 41.6 Å². The number of allylic oxidation sites excluding steroid dienone is 2. The first-order valence-corrected chi connectivity index (χ1v) is 14.5. The van der Waals surface area contributed by atoms with Crippen molar-refractivity contribution in [2.45, 2.75) is 59.1 Å². The van der Waals surface area contributed by atoms with Crippen molar-refractivity contribution in [2.24, 2.45) is 11.1 Å². The first-order chi connectivity index (χ1) is 19.1. The Morgan fingerprint density at radius 3 is 2.65 bits per heavy atom. The molecule has 10 heteroatoms. The van der Waals surface area contributed by atoms with Crippen molar-refractivity contribution in [2.75, 3.05) is 50.9 Å². The van der Waals surface area contributed by atoms with Crippen molar-refractivity contribution in [3.05, 3.63) is 40.2 Å². The van der Waals surface area contributed by atoms with Crippen LogP contribution in [0, 0.1) is 12.3 Å². The lowest BCUT2D eigenvalue weighted by atomic mass is 9.78. The molecule has 0 unspecified atom stereocenters. The standard InChI is InChI=1S/C30H40ClN5O4/c1-5-6-22(38)14-40-23-7-8-25(31)24(11-23)28-33-27(26(19(3)32)20(4)37)18(2)29(34-28)36-16-30(17-36)9-10-35(15-30)21-12-39-13-21/h7-8,11,21-22,38H,5-6,9-10,12-17,32H2,1-4H3/t22-/m1/s1. The molecule has 216 valence electrons. The van der Waals surface area contributed by atoms with Crippen molar-refractivity contribution in [1.82, 2.24) is 14.9 Å². The van der Waals surface area contributed by atoms with E-state index in [1.54, 1.807) is 25.1 Å². The number of carbonyl (C=O) groups excluding carboxylic acids is 1. The van der Waals surface area contributed by atoms with Gasteiger partial charge in [-0.05, 0) is 58.4 Å². The number of Topliss-reactive ketones (excluding diaryl/α,β-unsaturated/α-hetero) is 1. The summed E-state index contributed by atoms with van der Waals surface area (Å²) in [6.45, 7) is 13.0. The normalized spacial score (nSPS) is 20.2. The number of hydrogen-bond acceptors (Lipinski definition) is 9. The number of benzene rings is 1. The fraction of sp³-hybridized carbons (Fsp3) is 0.567. The molecule has 3 saturated heterocycles. The molecule has 3 N–H and O–H groups in total. The summed E-state index contributed by atoms with van der Waals surface area (Å²) < 4.78 is 11.3. The fourth-order valence-corrected chi connectivity index (χ4v) is 6.27. The molecule has 40 heavy (non-hydrogen) atoms. The van der Waals surface area contributed by atoms with Crippen molar-refractivity contribution in [3.8, 4) is 17.1 Å². The number of anilines is 1. The number of aliphatic hydroxyl groups is 1. The summed E-state index contributed by atoms with van der Waals surface area (Å²) in [6.07, 6.45) is 2.14. The van der Waals surface area contributed by atoms with E-state index in [2.05, 4.69) is 9.80 Å². The quantitative estimate of drug-likeness (QED) is 0.412. The van der Waals surface area contributed by atoms with Gasteiger partial charge in [0.25, 0.3) is 0 Å². The largest absolute Gasteiger partial charge is 0.491 e. The molecule has 9 nitrogen and oxygen atoms in total. The van der Waals surface area contributed by atoms with E-state index in [-0.39, 0.29) is 17.8 Å². The molecule has 0 saturated carbocycles. The van der Waals surface area contributed by atoms with Crippen LogP contribution in [-0.2, 0) is 9.53 Å². The maximum atomic E-state index is 12.7. The molecule has 0 radical (unpaired) electrons. The molecule has 1 spiro atoms. The number of nitrogens with two attached hydrogens (primary N) is 1. The van der Waals surface area contributed by atoms with E-state index < -0.39 is 6.10 Å². The number of rotatable bonds is 10. The van der Waals surface area contributed by atoms with E-state index in [0.717, 1.165) is 63.6 Å². The Morgan fingerprint density at radius 1 is 1.27 bits per heavy atom. The lowest BCUT2D eigenvalue weighted by Crippen LogP contribution is -2.59. The van der Waals surface area contributed by atoms with Crippen LogP contribution in [0.4, 0.5) is 5.82 Å². The summed E-state index contributed by atoms with van der Waals surface area (Å²) in [6, 6.07) is 5.85. The third-order valence-corrected chi connectivity index (χ3v) is 8.63. The number of hydrogen-bond donors (Lipinski definition) is 2. The van der Waals surface area contributed by atoms with Crippen molar-refractivity contribution >= 4 is 28.8 Å². The second-order valence-corrected chi connectivity index (χ2v) is 12.0. The molecule has 1 aromatic carbocycles. The second kappa shape index (κ2) is 11.6. The summed E-state index contributed by atoms with van der Waals surface area (Å²) in [4.78, 5) is 27.4. The van der Waals surface area contributed by atoms with Gasteiger partial charge in [0.1, 0.15) is 18.2 Å². The van der Waals surface area contributed by atoms with E-state index in [0.29, 0.717) is 51.6 Å². The Kier molecular flexibility index (Phi) is 8.38. The van der Waals surface area contributed by atoms with Crippen molar-refractivity contribution < 1.29 is 19.4 Å². The highest BCUT2D eigenvalue weighted by Gasteiger charge is 2.50. The third-order valence-electron chi connectivity index (χ3n) is 8.30. The molecule has 3 aliphatic rings. The summed E-state index contributed by atoms with van der Waals surface area (Å²) in [7, 11) is 0. The molecule has 0 bridgehead atoms. The van der Waals surface area contributed by atoms with Crippen LogP contribution in [0.2, 0.25) is 5.02 Å². The van der Waals surface area contributed by atoms with Gasteiger partial charge in [-0.25, -0.2) is 9.97 Å². The second-order valence-electron chi connectivity index (χ2n) is 11.6. The Balaban J connectivity index is 1.48. The van der Waals surface area contributed by atoms with Crippen LogP contribution in [0.1, 0.15) is 51.3 Å². The zero-order chi connectivity index (χ0) is 28.6. The molecule has 3 aliphatic heterocycles. The molecule has 5 rings (SSSR count). The highest BCUT2D eigenvalue weighted by Crippen LogP contribution is 2.44. The van der Waals surface area contributed by atoms with Gasteiger partial charge in [0.15, 0.2) is 11.6 Å². The van der Waals surface area contributed by atoms with E-state index in [1.165, 1.54) is 6.92 Å². The minimum Gasteiger partial charge on any atom is -0.491 e. The zero-order valence-electron chi connectivity index (χ0n) is 23.9. The number of nitrogens with zero attached hydrogens (tertiary/aromatic N) is 4. The van der Waals surface area contributed by atoms with Crippen molar-refractivity contribution in [3.63, 3.8) is 0 Å². The predicted octanol–water partition coefficient (Wildman–Crippen LogP) is 3.83. The summed E-state index contributed by atoms with van der Waals surface area (Å²) >= 11 is 6.67. The molecule has 1 aromatic heterocycles. The molecule has 0 aliphatic carbocycles. The number of ether oxygens (including phenoxy) is 2. The maximum absolute atomic E-state index is 12.7. The molecule has 4 heterocycles. The van der Waals surface area contributed by atoms with Crippen LogP contribution >= 0.6 is 11.6 Å². The molecular weight excluding hydrogens is 530 g/mol. The Hall–Kier alpha value is -2.72. The average Bonchev–Trinajstić information content (AvgIpc) is 3.28. The van der Waals surface area contributed by atoms with Gasteiger partial charge < -0.3 is 25.2 Å². The minimum absolute atomic E-state index is 0.152. The number of ketones is 1. The van der Waals surface area contributed by atoms with Gasteiger partial charge in [-0.1, -0.05) is 24.9 Å². The van der Waals surface area contributed by atoms with Crippen molar-refractivity contribution in [1.29, 1.82) is 0 Å². The summed E-state index contributed by atoms with van der Waals surface area (Å²) in [5.41, 5.74) is 9.18. The van der Waals surface area contributed by atoms with Crippen LogP contribution in [0.3, 0.4) is 0 Å². The van der Waals surface area contributed by atoms with E-state index >= 15 is 0 Å². The number of likely N-dealkylation sites (tertiary alicyclic amines) is 1. The molecule has 1 atom stereocenters. The Bertz CT molecular complexity index is 1300. The molecule has 3 fully saturated rings. The Morgan fingerprint density at radius 2 is 2.02 bits per heavy atom. The Labute approximate surface area is 241 Å². The minimum atomic E-state index is -0.546. The van der Waals surface area contributed by atoms with E-state index in [9.17, 15) is 9.90 Å². The van der Waals surface area contributed by atoms with Gasteiger partial charge in [0, 0.05) is 41.9 Å². The smallest absolute Gasteiger partial charge is 0.163 e. The lowest BCUT2D eigenvalue weighted by Gasteiger charge is -2.50. The number of aromatic nitrogens is 2. The van der Waals surface area contributed by atoms with Gasteiger partial charge >= 0.3 is 0 Å². The predicted molar refractivity (Wildman–Crippen MR) is 157 cm³/mol. The lowest BCUT2D eigenvalue weighted by molar-refractivity contribution is -0.111. The topological polar surface area (TPSA) is 114 Å². The van der Waals surface area contributed by atoms with Crippen LogP contribution in [0.15, 0.2) is 23.9 Å². The number of aliphatic hydroxyl groups excluding tert-OH is 1. The highest BCUT2D eigenvalue weighted by atomic mass is 35.5. The monoisotopic (exact) mass is 569 g/mol. The van der Waals surface area contributed by atoms with E-state index in [1.807, 2.05) is 13.8 Å². The van der Waals surface area contributed by atoms with Crippen LogP contribution in [-0.4, -0.2) is 83.9 Å². The molecular formula is C30H40ClN5O4. The first-order valence-electron chi connectivity index (χ1n) is 14.1. The van der Waals surface area contributed by atoms with Gasteiger partial charge in [-0.3, -0.25) is 9.69 Å². The average molecular weight is 570 g/mol. The SMILES string of the molecule is CCC[C@@H](O)COc1ccc(Cl)c(-c2nc(C(C(C)=O)=C(C)N)c(C)c(N3CC4(CCN(C5COC5)C4)C3)n2)c1. The molecule has 2 aromatic rings. The summed E-state index contributed by atoms with van der Waals surface area (Å²) in [5.74, 6) is 1.60. The number of halogens is 1. The highest BCUT2D eigenvalue weighted by molar-refractivity contribution is 6.33. The van der Waals surface area contributed by atoms with Crippen LogP contribution in [0.5, 0.6) is 5.75 Å². The molecule has 0 amide bonds. The van der Waals surface area contributed by atoms with Crippen LogP contribution in [0.25, 0.3) is 17.0 Å². The van der Waals surface area contributed by atoms with Gasteiger partial charge in [-0.2, -0.15) is 0 Å². The zero-order valence-corrected chi connectivity index (χ0v) is 24.6.